The molecular formula is C13H18N2O3. The fourth-order valence-electron chi connectivity index (χ4n) is 2.11. The second-order valence-corrected chi connectivity index (χ2v) is 4.43. The number of hydrogen-bond acceptors (Lipinski definition) is 3. The van der Waals surface area contributed by atoms with Crippen molar-refractivity contribution >= 4 is 6.03 Å². The van der Waals surface area contributed by atoms with Crippen molar-refractivity contribution in [3.8, 4) is 5.75 Å². The van der Waals surface area contributed by atoms with E-state index in [4.69, 9.17) is 9.84 Å². The van der Waals surface area contributed by atoms with Gasteiger partial charge in [-0.05, 0) is 17.7 Å². The molecule has 18 heavy (non-hydrogen) atoms. The largest absolute Gasteiger partial charge is 0.496 e. The van der Waals surface area contributed by atoms with Gasteiger partial charge in [0.15, 0.2) is 0 Å². The Bertz CT molecular complexity index is 448. The van der Waals surface area contributed by atoms with E-state index in [9.17, 15) is 4.79 Å². The summed E-state index contributed by atoms with van der Waals surface area (Å²) in [7, 11) is 3.40. The lowest BCUT2D eigenvalue weighted by atomic mass is 10.1. The van der Waals surface area contributed by atoms with Crippen molar-refractivity contribution in [2.45, 2.75) is 13.2 Å². The number of ether oxygens (including phenoxy) is 1. The van der Waals surface area contributed by atoms with Crippen molar-refractivity contribution < 1.29 is 14.6 Å². The van der Waals surface area contributed by atoms with Gasteiger partial charge in [0.05, 0.1) is 20.3 Å². The minimum absolute atomic E-state index is 0.00908. The number of aliphatic hydroxyl groups is 1. The molecule has 1 N–H and O–H groups in total. The topological polar surface area (TPSA) is 53.0 Å². The Hall–Kier alpha value is -1.75. The molecule has 1 aliphatic heterocycles. The third-order valence-corrected chi connectivity index (χ3v) is 3.19. The minimum Gasteiger partial charge on any atom is -0.496 e. The van der Waals surface area contributed by atoms with Gasteiger partial charge in [-0.3, -0.25) is 0 Å². The van der Waals surface area contributed by atoms with Crippen LogP contribution in [0.1, 0.15) is 11.1 Å². The van der Waals surface area contributed by atoms with Crippen molar-refractivity contribution in [1.82, 2.24) is 9.80 Å². The van der Waals surface area contributed by atoms with Crippen molar-refractivity contribution in [2.75, 3.05) is 27.2 Å². The molecule has 98 valence electrons. The highest BCUT2D eigenvalue weighted by molar-refractivity contribution is 5.76. The molecule has 0 saturated carbocycles. The molecule has 0 unspecified atom stereocenters. The molecule has 0 aromatic heterocycles. The number of hydrogen-bond donors (Lipinski definition) is 1. The predicted octanol–water partition coefficient (Wildman–Crippen LogP) is 1.05. The molecule has 0 atom stereocenters. The van der Waals surface area contributed by atoms with Crippen LogP contribution in [0.2, 0.25) is 0 Å². The number of amides is 2. The Labute approximate surface area is 107 Å². The summed E-state index contributed by atoms with van der Waals surface area (Å²) in [6.45, 7) is 1.98. The predicted molar refractivity (Wildman–Crippen MR) is 67.4 cm³/mol. The van der Waals surface area contributed by atoms with Gasteiger partial charge in [0.25, 0.3) is 0 Å². The van der Waals surface area contributed by atoms with Crippen LogP contribution in [0.4, 0.5) is 4.79 Å². The zero-order valence-electron chi connectivity index (χ0n) is 10.7. The summed E-state index contributed by atoms with van der Waals surface area (Å²) >= 11 is 0. The molecule has 0 aliphatic carbocycles. The van der Waals surface area contributed by atoms with Gasteiger partial charge in [-0.1, -0.05) is 6.07 Å². The average molecular weight is 250 g/mol. The highest BCUT2D eigenvalue weighted by Gasteiger charge is 2.25. The Morgan fingerprint density at radius 2 is 2.17 bits per heavy atom. The number of rotatable bonds is 4. The Morgan fingerprint density at radius 1 is 1.39 bits per heavy atom. The SMILES string of the molecule is COc1ccc(CO)cc1CN1CCN(C)C1=O. The van der Waals surface area contributed by atoms with Crippen LogP contribution in [-0.4, -0.2) is 48.2 Å². The minimum atomic E-state index is -0.00908. The van der Waals surface area contributed by atoms with E-state index < -0.39 is 0 Å². The molecule has 1 aliphatic rings. The molecule has 1 aromatic carbocycles. The highest BCUT2D eigenvalue weighted by Crippen LogP contribution is 2.23. The fourth-order valence-corrected chi connectivity index (χ4v) is 2.11. The Morgan fingerprint density at radius 3 is 2.72 bits per heavy atom. The Balaban J connectivity index is 2.19. The first-order chi connectivity index (χ1) is 8.65. The van der Waals surface area contributed by atoms with Gasteiger partial charge >= 0.3 is 6.03 Å². The fraction of sp³-hybridized carbons (Fsp3) is 0.462. The second kappa shape index (κ2) is 5.27. The first-order valence-corrected chi connectivity index (χ1v) is 5.92. The number of urea groups is 1. The lowest BCUT2D eigenvalue weighted by Gasteiger charge is -2.18. The molecule has 2 amide bonds. The molecule has 0 bridgehead atoms. The standard InChI is InChI=1S/C13H18N2O3/c1-14-5-6-15(13(14)17)8-11-7-10(9-16)3-4-12(11)18-2/h3-4,7,16H,5-6,8-9H2,1-2H3. The van der Waals surface area contributed by atoms with Gasteiger partial charge in [0.1, 0.15) is 5.75 Å². The summed E-state index contributed by atoms with van der Waals surface area (Å²) in [5.74, 6) is 0.745. The van der Waals surface area contributed by atoms with Crippen LogP contribution in [-0.2, 0) is 13.2 Å². The normalized spacial score (nSPS) is 15.4. The van der Waals surface area contributed by atoms with Crippen LogP contribution in [0.25, 0.3) is 0 Å². The van der Waals surface area contributed by atoms with E-state index >= 15 is 0 Å². The van der Waals surface area contributed by atoms with Crippen LogP contribution in [0.3, 0.4) is 0 Å². The molecule has 1 aromatic rings. The first-order valence-electron chi connectivity index (χ1n) is 5.92. The molecular weight excluding hydrogens is 232 g/mol. The maximum absolute atomic E-state index is 11.8. The van der Waals surface area contributed by atoms with Gasteiger partial charge in [-0.15, -0.1) is 0 Å². The van der Waals surface area contributed by atoms with Crippen LogP contribution in [0.5, 0.6) is 5.75 Å². The van der Waals surface area contributed by atoms with Crippen molar-refractivity contribution in [3.05, 3.63) is 29.3 Å². The second-order valence-electron chi connectivity index (χ2n) is 4.43. The summed E-state index contributed by atoms with van der Waals surface area (Å²) in [5, 5.41) is 9.15. The highest BCUT2D eigenvalue weighted by atomic mass is 16.5. The summed E-state index contributed by atoms with van der Waals surface area (Å²) in [6, 6.07) is 5.56. The zero-order valence-corrected chi connectivity index (χ0v) is 10.7. The first kappa shape index (κ1) is 12.7. The molecule has 1 saturated heterocycles. The summed E-state index contributed by atoms with van der Waals surface area (Å²) in [6.07, 6.45) is 0. The quantitative estimate of drug-likeness (QED) is 0.869. The van der Waals surface area contributed by atoms with E-state index in [-0.39, 0.29) is 12.6 Å². The lowest BCUT2D eigenvalue weighted by molar-refractivity contribution is 0.196. The number of carbonyl (C=O) groups is 1. The molecule has 0 radical (unpaired) electrons. The zero-order chi connectivity index (χ0) is 13.1. The van der Waals surface area contributed by atoms with Crippen molar-refractivity contribution in [2.24, 2.45) is 0 Å². The van der Waals surface area contributed by atoms with E-state index in [1.165, 1.54) is 0 Å². The molecule has 0 spiro atoms. The molecule has 5 heteroatoms. The van der Waals surface area contributed by atoms with E-state index in [1.807, 2.05) is 18.2 Å². The number of likely N-dealkylation sites (N-methyl/N-ethyl adjacent to an activating group) is 1. The number of benzene rings is 1. The third-order valence-electron chi connectivity index (χ3n) is 3.19. The molecule has 5 nitrogen and oxygen atoms in total. The van der Waals surface area contributed by atoms with E-state index in [2.05, 4.69) is 0 Å². The smallest absolute Gasteiger partial charge is 0.320 e. The molecule has 2 rings (SSSR count). The Kier molecular flexibility index (Phi) is 3.72. The van der Waals surface area contributed by atoms with Gasteiger partial charge < -0.3 is 19.6 Å². The number of methoxy groups -OCH3 is 1. The summed E-state index contributed by atoms with van der Waals surface area (Å²) in [5.41, 5.74) is 1.75. The average Bonchev–Trinajstić information content (AvgIpc) is 2.70. The van der Waals surface area contributed by atoms with Crippen LogP contribution in [0.15, 0.2) is 18.2 Å². The van der Waals surface area contributed by atoms with Gasteiger partial charge in [-0.2, -0.15) is 0 Å². The monoisotopic (exact) mass is 250 g/mol. The number of nitrogens with zero attached hydrogens (tertiary/aromatic N) is 2. The summed E-state index contributed by atoms with van der Waals surface area (Å²) in [4.78, 5) is 15.3. The third kappa shape index (κ3) is 2.41. The van der Waals surface area contributed by atoms with Crippen molar-refractivity contribution in [1.29, 1.82) is 0 Å². The molecule has 1 fully saturated rings. The van der Waals surface area contributed by atoms with Crippen LogP contribution >= 0.6 is 0 Å². The van der Waals surface area contributed by atoms with Crippen LogP contribution in [0, 0.1) is 0 Å². The number of aliphatic hydroxyl groups excluding tert-OH is 1. The van der Waals surface area contributed by atoms with Crippen molar-refractivity contribution in [3.63, 3.8) is 0 Å². The maximum atomic E-state index is 11.8. The van der Waals surface area contributed by atoms with E-state index in [1.54, 1.807) is 24.0 Å². The molecule has 1 heterocycles. The summed E-state index contributed by atoms with van der Waals surface area (Å²) < 4.78 is 5.28. The maximum Gasteiger partial charge on any atom is 0.320 e. The van der Waals surface area contributed by atoms with Crippen LogP contribution < -0.4 is 4.74 Å². The van der Waals surface area contributed by atoms with Gasteiger partial charge in [-0.25, -0.2) is 4.79 Å². The van der Waals surface area contributed by atoms with Gasteiger partial charge in [0, 0.05) is 25.7 Å². The van der Waals surface area contributed by atoms with Gasteiger partial charge in [0.2, 0.25) is 0 Å². The lowest BCUT2D eigenvalue weighted by Crippen LogP contribution is -2.29. The number of carbonyl (C=O) groups excluding carboxylic acids is 1. The van der Waals surface area contributed by atoms with E-state index in [0.29, 0.717) is 6.54 Å². The van der Waals surface area contributed by atoms with E-state index in [0.717, 1.165) is 30.0 Å².